The number of hydrogen-bond acceptors (Lipinski definition) is 3. The van der Waals surface area contributed by atoms with Gasteiger partial charge in [-0.15, -0.1) is 0 Å². The molecule has 2 N–H and O–H groups in total. The number of unbranched alkanes of at least 4 members (excludes halogenated alkanes) is 2. The molecule has 0 aliphatic carbocycles. The summed E-state index contributed by atoms with van der Waals surface area (Å²) in [5, 5.41) is 0. The molecule has 0 spiro atoms. The Labute approximate surface area is 129 Å². The van der Waals surface area contributed by atoms with Crippen LogP contribution in [0.3, 0.4) is 0 Å². The van der Waals surface area contributed by atoms with Crippen LogP contribution < -0.4 is 5.73 Å². The molecule has 21 heavy (non-hydrogen) atoms. The second kappa shape index (κ2) is 9.56. The second-order valence-electron chi connectivity index (χ2n) is 5.65. The van der Waals surface area contributed by atoms with Crippen molar-refractivity contribution in [1.29, 1.82) is 0 Å². The van der Waals surface area contributed by atoms with Crippen LogP contribution in [0.5, 0.6) is 0 Å². The van der Waals surface area contributed by atoms with E-state index in [1.54, 1.807) is 0 Å². The zero-order valence-electron chi connectivity index (χ0n) is 13.8. The topological polar surface area (TPSA) is 46.3 Å². The third-order valence-electron chi connectivity index (χ3n) is 3.92. The van der Waals surface area contributed by atoms with Crippen molar-refractivity contribution in [1.82, 2.24) is 4.90 Å². The van der Waals surface area contributed by atoms with Crippen molar-refractivity contribution in [2.45, 2.75) is 58.9 Å². The molecule has 0 amide bonds. The fourth-order valence-corrected chi connectivity index (χ4v) is 2.60. The molecule has 0 aromatic heterocycles. The third-order valence-corrected chi connectivity index (χ3v) is 3.92. The summed E-state index contributed by atoms with van der Waals surface area (Å²) in [5.41, 5.74) is 7.18. The molecule has 0 saturated heterocycles. The summed E-state index contributed by atoms with van der Waals surface area (Å²) < 4.78 is 0. The first kappa shape index (κ1) is 17.7. The quantitative estimate of drug-likeness (QED) is 0.520. The maximum absolute atomic E-state index is 12.8. The lowest BCUT2D eigenvalue weighted by atomic mass is 9.99. The summed E-state index contributed by atoms with van der Waals surface area (Å²) in [5.74, 6) is 0.227. The SMILES string of the molecule is CCCCN(CCCC)C(CC)C(=O)c1ccc(N)cc1. The van der Waals surface area contributed by atoms with Gasteiger partial charge in [0.2, 0.25) is 0 Å². The molecule has 0 aliphatic heterocycles. The van der Waals surface area contributed by atoms with E-state index >= 15 is 0 Å². The first-order chi connectivity index (χ1) is 10.1. The molecule has 0 radical (unpaired) electrons. The number of nitrogens with zero attached hydrogens (tertiary/aromatic N) is 1. The highest BCUT2D eigenvalue weighted by Gasteiger charge is 2.24. The number of hydrogen-bond donors (Lipinski definition) is 1. The summed E-state index contributed by atoms with van der Waals surface area (Å²) in [7, 11) is 0. The predicted molar refractivity (Wildman–Crippen MR) is 90.7 cm³/mol. The molecule has 3 nitrogen and oxygen atoms in total. The monoisotopic (exact) mass is 290 g/mol. The van der Waals surface area contributed by atoms with Crippen LogP contribution in [-0.2, 0) is 0 Å². The van der Waals surface area contributed by atoms with E-state index in [4.69, 9.17) is 5.73 Å². The zero-order valence-corrected chi connectivity index (χ0v) is 13.8. The molecule has 1 rings (SSSR count). The van der Waals surface area contributed by atoms with Gasteiger partial charge in [0.05, 0.1) is 6.04 Å². The summed E-state index contributed by atoms with van der Waals surface area (Å²) in [6.45, 7) is 8.51. The lowest BCUT2D eigenvalue weighted by Gasteiger charge is -2.30. The Kier molecular flexibility index (Phi) is 8.06. The van der Waals surface area contributed by atoms with Gasteiger partial charge in [0.1, 0.15) is 0 Å². The van der Waals surface area contributed by atoms with Crippen LogP contribution in [0.15, 0.2) is 24.3 Å². The Morgan fingerprint density at radius 2 is 1.57 bits per heavy atom. The number of benzene rings is 1. The molecule has 1 unspecified atom stereocenters. The van der Waals surface area contributed by atoms with E-state index in [9.17, 15) is 4.79 Å². The van der Waals surface area contributed by atoms with E-state index in [-0.39, 0.29) is 11.8 Å². The highest BCUT2D eigenvalue weighted by molar-refractivity contribution is 6.00. The van der Waals surface area contributed by atoms with Crippen molar-refractivity contribution >= 4 is 11.5 Å². The molecule has 0 bridgehead atoms. The van der Waals surface area contributed by atoms with Gasteiger partial charge < -0.3 is 5.73 Å². The minimum atomic E-state index is -0.00766. The molecule has 1 atom stereocenters. The number of nitrogens with two attached hydrogens (primary N) is 1. The highest BCUT2D eigenvalue weighted by atomic mass is 16.1. The highest BCUT2D eigenvalue weighted by Crippen LogP contribution is 2.16. The molecule has 118 valence electrons. The van der Waals surface area contributed by atoms with Gasteiger partial charge in [0.15, 0.2) is 5.78 Å². The number of rotatable bonds is 10. The van der Waals surface area contributed by atoms with Crippen molar-refractivity contribution in [3.05, 3.63) is 29.8 Å². The van der Waals surface area contributed by atoms with Gasteiger partial charge in [-0.2, -0.15) is 0 Å². The maximum atomic E-state index is 12.8. The molecule has 0 saturated carbocycles. The van der Waals surface area contributed by atoms with E-state index in [0.717, 1.165) is 50.8 Å². The smallest absolute Gasteiger partial charge is 0.179 e. The Bertz CT molecular complexity index is 406. The van der Waals surface area contributed by atoms with Crippen molar-refractivity contribution in [2.24, 2.45) is 0 Å². The molecule has 0 heterocycles. The van der Waals surface area contributed by atoms with Gasteiger partial charge >= 0.3 is 0 Å². The summed E-state index contributed by atoms with van der Waals surface area (Å²) >= 11 is 0. The first-order valence-electron chi connectivity index (χ1n) is 8.27. The molecular formula is C18H30N2O. The van der Waals surface area contributed by atoms with E-state index in [1.807, 2.05) is 24.3 Å². The first-order valence-corrected chi connectivity index (χ1v) is 8.27. The predicted octanol–water partition coefficient (Wildman–Crippen LogP) is 4.13. The van der Waals surface area contributed by atoms with Crippen molar-refractivity contribution in [2.75, 3.05) is 18.8 Å². The van der Waals surface area contributed by atoms with Gasteiger partial charge in [-0.1, -0.05) is 33.6 Å². The number of nitrogen functional groups attached to an aromatic ring is 1. The van der Waals surface area contributed by atoms with Crippen LogP contribution in [0.25, 0.3) is 0 Å². The van der Waals surface area contributed by atoms with E-state index in [2.05, 4.69) is 25.7 Å². The maximum Gasteiger partial charge on any atom is 0.179 e. The van der Waals surface area contributed by atoms with Crippen LogP contribution in [0, 0.1) is 0 Å². The van der Waals surface area contributed by atoms with Crippen molar-refractivity contribution < 1.29 is 4.79 Å². The van der Waals surface area contributed by atoms with Crippen LogP contribution in [-0.4, -0.2) is 29.8 Å². The van der Waals surface area contributed by atoms with Gasteiger partial charge in [0.25, 0.3) is 0 Å². The van der Waals surface area contributed by atoms with Crippen LogP contribution in [0.2, 0.25) is 0 Å². The molecule has 1 aromatic rings. The molecular weight excluding hydrogens is 260 g/mol. The Morgan fingerprint density at radius 1 is 1.05 bits per heavy atom. The average molecular weight is 290 g/mol. The number of ketones is 1. The largest absolute Gasteiger partial charge is 0.399 e. The average Bonchev–Trinajstić information content (AvgIpc) is 2.50. The lowest BCUT2D eigenvalue weighted by molar-refractivity contribution is 0.0805. The Balaban J connectivity index is 2.84. The molecule has 1 aromatic carbocycles. The molecule has 0 aliphatic rings. The van der Waals surface area contributed by atoms with Gasteiger partial charge in [-0.3, -0.25) is 9.69 Å². The number of carbonyl (C=O) groups is 1. The van der Waals surface area contributed by atoms with E-state index < -0.39 is 0 Å². The van der Waals surface area contributed by atoms with Gasteiger partial charge in [-0.25, -0.2) is 0 Å². The fraction of sp³-hybridized carbons (Fsp3) is 0.611. The third kappa shape index (κ3) is 5.50. The Hall–Kier alpha value is -1.35. The number of anilines is 1. The normalized spacial score (nSPS) is 12.6. The van der Waals surface area contributed by atoms with Crippen LogP contribution >= 0.6 is 0 Å². The summed E-state index contributed by atoms with van der Waals surface area (Å²) in [6, 6.07) is 7.30. The number of carbonyl (C=O) groups excluding carboxylic acids is 1. The standard InChI is InChI=1S/C18H30N2O/c1-4-7-13-20(14-8-5-2)17(6-3)18(21)15-9-11-16(19)12-10-15/h9-12,17H,4-8,13-14,19H2,1-3H3. The second-order valence-corrected chi connectivity index (χ2v) is 5.65. The fourth-order valence-electron chi connectivity index (χ4n) is 2.60. The Morgan fingerprint density at radius 3 is 2.00 bits per heavy atom. The molecule has 3 heteroatoms. The van der Waals surface area contributed by atoms with Crippen LogP contribution in [0.1, 0.15) is 63.2 Å². The van der Waals surface area contributed by atoms with Crippen LogP contribution in [0.4, 0.5) is 5.69 Å². The summed E-state index contributed by atoms with van der Waals surface area (Å²) in [6.07, 6.45) is 5.48. The zero-order chi connectivity index (χ0) is 15.7. The van der Waals surface area contributed by atoms with Gasteiger partial charge in [0, 0.05) is 11.3 Å². The minimum absolute atomic E-state index is 0.00766. The minimum Gasteiger partial charge on any atom is -0.399 e. The van der Waals surface area contributed by atoms with Crippen molar-refractivity contribution in [3.63, 3.8) is 0 Å². The molecule has 0 fully saturated rings. The van der Waals surface area contributed by atoms with E-state index in [1.165, 1.54) is 0 Å². The van der Waals surface area contributed by atoms with E-state index in [0.29, 0.717) is 5.69 Å². The number of Topliss-reactive ketones (excluding diaryl/α,β-unsaturated/α-hetero) is 1. The lowest BCUT2D eigenvalue weighted by Crippen LogP contribution is -2.42. The summed E-state index contributed by atoms with van der Waals surface area (Å²) in [4.78, 5) is 15.1. The van der Waals surface area contributed by atoms with Gasteiger partial charge in [-0.05, 0) is 56.6 Å². The van der Waals surface area contributed by atoms with Crippen molar-refractivity contribution in [3.8, 4) is 0 Å².